The van der Waals surface area contributed by atoms with Crippen molar-refractivity contribution in [1.29, 1.82) is 0 Å². The number of aliphatic carboxylic acids is 1. The molecule has 24 heavy (non-hydrogen) atoms. The fourth-order valence-corrected chi connectivity index (χ4v) is 3.92. The predicted molar refractivity (Wildman–Crippen MR) is 88.8 cm³/mol. The van der Waals surface area contributed by atoms with Crippen LogP contribution in [0.3, 0.4) is 0 Å². The van der Waals surface area contributed by atoms with E-state index in [9.17, 15) is 14.7 Å². The number of carbonyl (C=O) groups is 2. The molecule has 5 nitrogen and oxygen atoms in total. The maximum Gasteiger partial charge on any atom is 0.345 e. The maximum atomic E-state index is 12.1. The van der Waals surface area contributed by atoms with Gasteiger partial charge in [-0.3, -0.25) is 0 Å². The Hall–Kier alpha value is -2.02. The van der Waals surface area contributed by atoms with E-state index in [0.29, 0.717) is 22.1 Å². The Morgan fingerprint density at radius 1 is 1.17 bits per heavy atom. The monoisotopic (exact) mass is 363 g/mol. The molecular formula is C17H14ClNO4S. The lowest BCUT2D eigenvalue weighted by Crippen LogP contribution is -2.90. The van der Waals surface area contributed by atoms with Crippen LogP contribution in [0.2, 0.25) is 5.02 Å². The van der Waals surface area contributed by atoms with Crippen molar-refractivity contribution in [3.63, 3.8) is 0 Å². The normalized spacial score (nSPS) is 19.9. The van der Waals surface area contributed by atoms with Gasteiger partial charge in [0.1, 0.15) is 17.8 Å². The molecule has 0 amide bonds. The van der Waals surface area contributed by atoms with Crippen LogP contribution in [-0.4, -0.2) is 23.7 Å². The highest BCUT2D eigenvalue weighted by Gasteiger charge is 2.30. The molecule has 0 radical (unpaired) electrons. The molecule has 1 fully saturated rings. The molecule has 0 unspecified atom stereocenters. The summed E-state index contributed by atoms with van der Waals surface area (Å²) in [5.74, 6) is -0.651. The topological polar surface area (TPSA) is 83.0 Å². The lowest BCUT2D eigenvalue weighted by Gasteiger charge is -2.11. The summed E-state index contributed by atoms with van der Waals surface area (Å²) >= 11 is 7.52. The Labute approximate surface area is 148 Å². The van der Waals surface area contributed by atoms with E-state index in [2.05, 4.69) is 0 Å². The second kappa shape index (κ2) is 7.25. The minimum absolute atomic E-state index is 0.00113. The fourth-order valence-electron chi connectivity index (χ4n) is 2.40. The zero-order valence-electron chi connectivity index (χ0n) is 12.5. The van der Waals surface area contributed by atoms with Gasteiger partial charge in [-0.05, 0) is 36.4 Å². The number of rotatable bonds is 4. The summed E-state index contributed by atoms with van der Waals surface area (Å²) in [7, 11) is 0. The van der Waals surface area contributed by atoms with Gasteiger partial charge in [0.25, 0.3) is 0 Å². The molecule has 2 atom stereocenters. The summed E-state index contributed by atoms with van der Waals surface area (Å²) in [6, 6.07) is 13.2. The van der Waals surface area contributed by atoms with Gasteiger partial charge in [0.2, 0.25) is 0 Å². The number of thioether (sulfide) groups is 1. The van der Waals surface area contributed by atoms with Crippen molar-refractivity contribution in [2.45, 2.75) is 11.4 Å². The van der Waals surface area contributed by atoms with E-state index in [1.807, 2.05) is 12.1 Å². The number of halogens is 1. The number of quaternary nitrogens is 1. The van der Waals surface area contributed by atoms with Gasteiger partial charge in [0.15, 0.2) is 5.37 Å². The molecule has 2 aromatic carbocycles. The third-order valence-electron chi connectivity index (χ3n) is 3.68. The molecule has 124 valence electrons. The van der Waals surface area contributed by atoms with Crippen LogP contribution in [0.25, 0.3) is 0 Å². The number of carboxylic acids is 1. The fraction of sp³-hybridized carbons (Fsp3) is 0.176. The lowest BCUT2D eigenvalue weighted by atomic mass is 10.2. The van der Waals surface area contributed by atoms with Crippen molar-refractivity contribution in [3.8, 4) is 5.75 Å². The number of benzene rings is 2. The molecule has 1 saturated heterocycles. The molecule has 0 aromatic heterocycles. The molecule has 0 aliphatic carbocycles. The Morgan fingerprint density at radius 3 is 2.50 bits per heavy atom. The van der Waals surface area contributed by atoms with E-state index in [0.717, 1.165) is 5.56 Å². The van der Waals surface area contributed by atoms with Gasteiger partial charge in [-0.25, -0.2) is 4.79 Å². The summed E-state index contributed by atoms with van der Waals surface area (Å²) in [5, 5.41) is 13.0. The summed E-state index contributed by atoms with van der Waals surface area (Å²) in [5.41, 5.74) is 1.26. The Morgan fingerprint density at radius 2 is 1.88 bits per heavy atom. The van der Waals surface area contributed by atoms with Gasteiger partial charge >= 0.3 is 5.97 Å². The van der Waals surface area contributed by atoms with Crippen molar-refractivity contribution >= 4 is 35.3 Å². The zero-order valence-corrected chi connectivity index (χ0v) is 14.0. The van der Waals surface area contributed by atoms with Crippen LogP contribution in [0.15, 0.2) is 48.5 Å². The van der Waals surface area contributed by atoms with Crippen LogP contribution in [0.1, 0.15) is 21.3 Å². The molecule has 0 saturated carbocycles. The number of hydrogen-bond donors (Lipinski definition) is 1. The number of ether oxygens (including phenoxy) is 1. The van der Waals surface area contributed by atoms with Crippen LogP contribution < -0.4 is 15.2 Å². The van der Waals surface area contributed by atoms with Crippen LogP contribution in [0.5, 0.6) is 5.75 Å². The number of nitrogens with two attached hydrogens (primary N) is 1. The highest BCUT2D eigenvalue weighted by molar-refractivity contribution is 7.99. The van der Waals surface area contributed by atoms with E-state index in [1.165, 1.54) is 0 Å². The maximum absolute atomic E-state index is 12.1. The summed E-state index contributed by atoms with van der Waals surface area (Å²) < 4.78 is 5.31. The van der Waals surface area contributed by atoms with Crippen molar-refractivity contribution in [1.82, 2.24) is 0 Å². The standard InChI is InChI=1S/C17H14ClNO4S/c18-13-4-2-1-3-12(13)17(22)23-11-7-5-10(6-8-11)15-19-14(9-24-15)16(20)21/h1-8,14-15,19H,9H2,(H,20,21)/t14-,15-/m0/s1. The van der Waals surface area contributed by atoms with Gasteiger partial charge in [-0.2, -0.15) is 0 Å². The minimum atomic E-state index is -1.05. The highest BCUT2D eigenvalue weighted by Crippen LogP contribution is 2.28. The van der Waals surface area contributed by atoms with Crippen molar-refractivity contribution < 1.29 is 24.7 Å². The number of carbonyl (C=O) groups excluding carboxylic acids is 2. The second-order valence-electron chi connectivity index (χ2n) is 5.31. The van der Waals surface area contributed by atoms with Crippen LogP contribution >= 0.6 is 23.4 Å². The number of hydrogen-bond acceptors (Lipinski definition) is 5. The van der Waals surface area contributed by atoms with E-state index in [4.69, 9.17) is 16.3 Å². The van der Waals surface area contributed by atoms with E-state index in [1.54, 1.807) is 53.5 Å². The SMILES string of the molecule is O=C(Oc1ccc([C@H]2[NH2+][C@H](C(=O)[O-])CS2)cc1)c1ccccc1Cl. The Balaban J connectivity index is 1.66. The third-order valence-corrected chi connectivity index (χ3v) is 5.35. The van der Waals surface area contributed by atoms with Gasteiger partial charge in [0, 0.05) is 5.56 Å². The van der Waals surface area contributed by atoms with E-state index >= 15 is 0 Å². The van der Waals surface area contributed by atoms with Crippen molar-refractivity contribution in [3.05, 3.63) is 64.7 Å². The quantitative estimate of drug-likeness (QED) is 0.647. The average molecular weight is 364 g/mol. The smallest absolute Gasteiger partial charge is 0.345 e. The molecule has 0 bridgehead atoms. The third kappa shape index (κ3) is 3.72. The number of carboxylic acid groups (broad SMARTS) is 1. The predicted octanol–water partition coefficient (Wildman–Crippen LogP) is 0.987. The van der Waals surface area contributed by atoms with Gasteiger partial charge in [-0.1, -0.05) is 35.5 Å². The highest BCUT2D eigenvalue weighted by atomic mass is 35.5. The summed E-state index contributed by atoms with van der Waals surface area (Å²) in [6.07, 6.45) is 0. The molecule has 3 rings (SSSR count). The minimum Gasteiger partial charge on any atom is -0.544 e. The number of esters is 1. The molecule has 2 N–H and O–H groups in total. The molecule has 1 heterocycles. The Kier molecular flexibility index (Phi) is 5.08. The zero-order chi connectivity index (χ0) is 17.1. The lowest BCUT2D eigenvalue weighted by molar-refractivity contribution is -0.690. The Bertz CT molecular complexity index is 765. The largest absolute Gasteiger partial charge is 0.544 e. The molecule has 0 spiro atoms. The molecule has 2 aromatic rings. The van der Waals surface area contributed by atoms with Crippen LogP contribution in [0.4, 0.5) is 0 Å². The average Bonchev–Trinajstić information content (AvgIpc) is 3.06. The molecule has 1 aliphatic rings. The molecule has 1 aliphatic heterocycles. The van der Waals surface area contributed by atoms with Gasteiger partial charge in [0.05, 0.1) is 16.3 Å². The van der Waals surface area contributed by atoms with Crippen molar-refractivity contribution in [2.75, 3.05) is 5.75 Å². The van der Waals surface area contributed by atoms with Crippen molar-refractivity contribution in [2.24, 2.45) is 0 Å². The first kappa shape index (κ1) is 16.8. The second-order valence-corrected chi connectivity index (χ2v) is 6.89. The summed E-state index contributed by atoms with van der Waals surface area (Å²) in [6.45, 7) is 0. The molecule has 7 heteroatoms. The first-order valence-corrected chi connectivity index (χ1v) is 8.71. The first-order valence-electron chi connectivity index (χ1n) is 7.28. The van der Waals surface area contributed by atoms with Crippen LogP contribution in [-0.2, 0) is 4.79 Å². The van der Waals surface area contributed by atoms with Gasteiger partial charge in [-0.15, -0.1) is 0 Å². The van der Waals surface area contributed by atoms with E-state index < -0.39 is 18.0 Å². The first-order chi connectivity index (χ1) is 11.5. The summed E-state index contributed by atoms with van der Waals surface area (Å²) in [4.78, 5) is 23.0. The van der Waals surface area contributed by atoms with Crippen LogP contribution in [0, 0.1) is 0 Å². The van der Waals surface area contributed by atoms with Gasteiger partial charge < -0.3 is 20.0 Å². The van der Waals surface area contributed by atoms with E-state index in [-0.39, 0.29) is 5.37 Å². The molecular weight excluding hydrogens is 350 g/mol.